The monoisotopic (exact) mass is 269 g/mol. The number of H-pyrrole nitrogens is 1. The molecular weight excluding hydrogens is 253 g/mol. The molecule has 1 heterocycles. The fraction of sp³-hybridized carbons (Fsp3) is 0.176. The minimum Gasteiger partial charge on any atom is -0.385 e. The van der Waals surface area contributed by atoms with Crippen LogP contribution in [0.1, 0.15) is 18.1 Å². The highest BCUT2D eigenvalue weighted by molar-refractivity contribution is 5.83. The molecule has 102 valence electrons. The maximum Gasteiger partial charge on any atom is 0.126 e. The van der Waals surface area contributed by atoms with Crippen LogP contribution >= 0.6 is 0 Å². The van der Waals surface area contributed by atoms with Crippen molar-refractivity contribution in [1.29, 1.82) is 0 Å². The van der Waals surface area contributed by atoms with Gasteiger partial charge in [0.1, 0.15) is 5.82 Å². The second-order valence-electron chi connectivity index (χ2n) is 5.29. The van der Waals surface area contributed by atoms with Crippen LogP contribution in [-0.2, 0) is 12.0 Å². The Hall–Kier alpha value is -2.13. The summed E-state index contributed by atoms with van der Waals surface area (Å²) in [5, 5.41) is 11.8. The molecule has 2 aromatic carbocycles. The molecule has 0 radical (unpaired) electrons. The van der Waals surface area contributed by atoms with Crippen molar-refractivity contribution in [2.45, 2.75) is 18.9 Å². The molecule has 3 aromatic rings. The second kappa shape index (κ2) is 4.76. The molecule has 1 atom stereocenters. The first-order valence-electron chi connectivity index (χ1n) is 6.60. The maximum absolute atomic E-state index is 13.8. The van der Waals surface area contributed by atoms with Crippen LogP contribution in [0.3, 0.4) is 0 Å². The van der Waals surface area contributed by atoms with Gasteiger partial charge in [-0.05, 0) is 36.2 Å². The Morgan fingerprint density at radius 1 is 1.10 bits per heavy atom. The van der Waals surface area contributed by atoms with E-state index in [4.69, 9.17) is 0 Å². The van der Waals surface area contributed by atoms with E-state index in [-0.39, 0.29) is 12.2 Å². The molecule has 0 bridgehead atoms. The molecule has 0 amide bonds. The normalized spacial score (nSPS) is 14.3. The van der Waals surface area contributed by atoms with Crippen LogP contribution in [0.2, 0.25) is 0 Å². The second-order valence-corrected chi connectivity index (χ2v) is 5.29. The molecule has 20 heavy (non-hydrogen) atoms. The van der Waals surface area contributed by atoms with E-state index in [1.807, 2.05) is 30.5 Å². The zero-order valence-electron chi connectivity index (χ0n) is 11.2. The topological polar surface area (TPSA) is 36.0 Å². The molecule has 0 saturated heterocycles. The Bertz CT molecular complexity index is 745. The standard InChI is InChI=1S/C17H16FNO/c1-17(20,11-12-5-2-3-7-15(12)18)14-6-4-8-16-13(14)9-10-19-16/h2-10,19-20H,11H2,1H3. The summed E-state index contributed by atoms with van der Waals surface area (Å²) >= 11 is 0. The molecule has 0 saturated carbocycles. The summed E-state index contributed by atoms with van der Waals surface area (Å²) in [6.45, 7) is 1.72. The van der Waals surface area contributed by atoms with Crippen LogP contribution in [0.25, 0.3) is 10.9 Å². The van der Waals surface area contributed by atoms with Gasteiger partial charge < -0.3 is 10.1 Å². The van der Waals surface area contributed by atoms with Crippen LogP contribution < -0.4 is 0 Å². The van der Waals surface area contributed by atoms with Crippen molar-refractivity contribution in [3.8, 4) is 0 Å². The first-order valence-corrected chi connectivity index (χ1v) is 6.60. The van der Waals surface area contributed by atoms with E-state index in [9.17, 15) is 9.50 Å². The fourth-order valence-electron chi connectivity index (χ4n) is 2.66. The van der Waals surface area contributed by atoms with Gasteiger partial charge in [0.25, 0.3) is 0 Å². The molecule has 3 heteroatoms. The number of nitrogens with one attached hydrogen (secondary N) is 1. The van der Waals surface area contributed by atoms with E-state index < -0.39 is 5.60 Å². The number of rotatable bonds is 3. The minimum absolute atomic E-state index is 0.240. The third-order valence-corrected chi connectivity index (χ3v) is 3.67. The smallest absolute Gasteiger partial charge is 0.126 e. The summed E-state index contributed by atoms with van der Waals surface area (Å²) in [7, 11) is 0. The Morgan fingerprint density at radius 3 is 2.70 bits per heavy atom. The van der Waals surface area contributed by atoms with Gasteiger partial charge in [-0.25, -0.2) is 4.39 Å². The summed E-state index contributed by atoms with van der Waals surface area (Å²) in [4.78, 5) is 3.12. The number of aromatic nitrogens is 1. The Kier molecular flexibility index (Phi) is 3.07. The SMILES string of the molecule is CC(O)(Cc1ccccc1F)c1cccc2[nH]ccc12. The van der Waals surface area contributed by atoms with Crippen molar-refractivity contribution in [3.05, 3.63) is 71.7 Å². The van der Waals surface area contributed by atoms with E-state index in [2.05, 4.69) is 4.98 Å². The van der Waals surface area contributed by atoms with Crippen LogP contribution in [0, 0.1) is 5.82 Å². The Morgan fingerprint density at radius 2 is 1.90 bits per heavy atom. The van der Waals surface area contributed by atoms with Crippen LogP contribution in [0.15, 0.2) is 54.7 Å². The number of halogens is 1. The summed E-state index contributed by atoms with van der Waals surface area (Å²) in [5.41, 5.74) is 1.17. The molecule has 0 spiro atoms. The molecule has 1 unspecified atom stereocenters. The fourth-order valence-corrected chi connectivity index (χ4v) is 2.66. The molecule has 0 aliphatic rings. The third-order valence-electron chi connectivity index (χ3n) is 3.67. The first-order chi connectivity index (χ1) is 9.58. The van der Waals surface area contributed by atoms with Crippen LogP contribution in [-0.4, -0.2) is 10.1 Å². The summed E-state index contributed by atoms with van der Waals surface area (Å²) in [6, 6.07) is 14.2. The minimum atomic E-state index is -1.12. The molecule has 0 aliphatic carbocycles. The molecule has 2 N–H and O–H groups in total. The van der Waals surface area contributed by atoms with Gasteiger partial charge in [-0.1, -0.05) is 30.3 Å². The average molecular weight is 269 g/mol. The molecule has 3 rings (SSSR count). The molecule has 2 nitrogen and oxygen atoms in total. The van der Waals surface area contributed by atoms with Crippen molar-refractivity contribution in [1.82, 2.24) is 4.98 Å². The van der Waals surface area contributed by atoms with Crippen molar-refractivity contribution in [2.75, 3.05) is 0 Å². The van der Waals surface area contributed by atoms with Gasteiger partial charge in [-0.15, -0.1) is 0 Å². The van der Waals surface area contributed by atoms with Gasteiger partial charge in [0.05, 0.1) is 5.60 Å². The number of hydrogen-bond donors (Lipinski definition) is 2. The summed E-state index contributed by atoms with van der Waals surface area (Å²) in [5.74, 6) is -0.283. The predicted octanol–water partition coefficient (Wildman–Crippen LogP) is 3.76. The highest BCUT2D eigenvalue weighted by Gasteiger charge is 2.26. The van der Waals surface area contributed by atoms with E-state index in [0.717, 1.165) is 16.5 Å². The number of fused-ring (bicyclic) bond motifs is 1. The first kappa shape index (κ1) is 12.9. The Labute approximate surface area is 116 Å². The highest BCUT2D eigenvalue weighted by atomic mass is 19.1. The van der Waals surface area contributed by atoms with Crippen LogP contribution in [0.4, 0.5) is 4.39 Å². The van der Waals surface area contributed by atoms with Crippen molar-refractivity contribution in [3.63, 3.8) is 0 Å². The Balaban J connectivity index is 2.04. The zero-order chi connectivity index (χ0) is 14.2. The van der Waals surface area contributed by atoms with Crippen molar-refractivity contribution < 1.29 is 9.50 Å². The van der Waals surface area contributed by atoms with Crippen LogP contribution in [0.5, 0.6) is 0 Å². The lowest BCUT2D eigenvalue weighted by Crippen LogP contribution is -2.25. The van der Waals surface area contributed by atoms with Gasteiger partial charge >= 0.3 is 0 Å². The lowest BCUT2D eigenvalue weighted by atomic mass is 9.87. The summed E-state index contributed by atoms with van der Waals surface area (Å²) in [6.07, 6.45) is 2.08. The zero-order valence-corrected chi connectivity index (χ0v) is 11.2. The quantitative estimate of drug-likeness (QED) is 0.746. The number of benzene rings is 2. The van der Waals surface area contributed by atoms with Crippen molar-refractivity contribution >= 4 is 10.9 Å². The summed E-state index contributed by atoms with van der Waals surface area (Å²) < 4.78 is 13.8. The van der Waals surface area contributed by atoms with Gasteiger partial charge in [0.2, 0.25) is 0 Å². The largest absolute Gasteiger partial charge is 0.385 e. The average Bonchev–Trinajstić information content (AvgIpc) is 2.89. The van der Waals surface area contributed by atoms with E-state index in [1.165, 1.54) is 6.07 Å². The maximum atomic E-state index is 13.8. The number of aliphatic hydroxyl groups is 1. The lowest BCUT2D eigenvalue weighted by molar-refractivity contribution is 0.0582. The third kappa shape index (κ3) is 2.21. The molecule has 0 fully saturated rings. The predicted molar refractivity (Wildman–Crippen MR) is 78.0 cm³/mol. The van der Waals surface area contributed by atoms with E-state index in [0.29, 0.717) is 5.56 Å². The van der Waals surface area contributed by atoms with Gasteiger partial charge in [-0.3, -0.25) is 0 Å². The molecule has 1 aromatic heterocycles. The van der Waals surface area contributed by atoms with E-state index >= 15 is 0 Å². The van der Waals surface area contributed by atoms with Gasteiger partial charge in [0.15, 0.2) is 0 Å². The van der Waals surface area contributed by atoms with E-state index in [1.54, 1.807) is 25.1 Å². The van der Waals surface area contributed by atoms with Gasteiger partial charge in [-0.2, -0.15) is 0 Å². The van der Waals surface area contributed by atoms with Gasteiger partial charge in [0, 0.05) is 23.5 Å². The highest BCUT2D eigenvalue weighted by Crippen LogP contribution is 2.31. The van der Waals surface area contributed by atoms with Crippen molar-refractivity contribution in [2.24, 2.45) is 0 Å². The molecular formula is C17H16FNO. The lowest BCUT2D eigenvalue weighted by Gasteiger charge is -2.25. The number of aromatic amines is 1. The molecule has 0 aliphatic heterocycles. The number of hydrogen-bond acceptors (Lipinski definition) is 1.